The zero-order chi connectivity index (χ0) is 17.5. The van der Waals surface area contributed by atoms with Crippen molar-refractivity contribution in [2.24, 2.45) is 11.8 Å². The fourth-order valence-electron chi connectivity index (χ4n) is 3.05. The molecule has 2 heterocycles. The Kier molecular flexibility index (Phi) is 6.48. The summed E-state index contributed by atoms with van der Waals surface area (Å²) in [7, 11) is 0. The molecule has 1 fully saturated rings. The van der Waals surface area contributed by atoms with Crippen molar-refractivity contribution in [3.8, 4) is 0 Å². The number of para-hydroxylation sites is 1. The smallest absolute Gasteiger partial charge is 0.290 e. The summed E-state index contributed by atoms with van der Waals surface area (Å²) in [5.41, 5.74) is 1.20. The molecule has 7 nitrogen and oxygen atoms in total. The van der Waals surface area contributed by atoms with Gasteiger partial charge in [-0.25, -0.2) is 0 Å². The van der Waals surface area contributed by atoms with Crippen molar-refractivity contribution in [3.63, 3.8) is 0 Å². The third-order valence-corrected chi connectivity index (χ3v) is 4.27. The van der Waals surface area contributed by atoms with Gasteiger partial charge in [-0.05, 0) is 12.1 Å². The molecule has 0 radical (unpaired) electrons. The van der Waals surface area contributed by atoms with Crippen LogP contribution in [0.5, 0.6) is 0 Å². The molecule has 130 valence electrons. The largest absolute Gasteiger partial charge is 0.483 e. The third-order valence-electron chi connectivity index (χ3n) is 4.27. The lowest BCUT2D eigenvalue weighted by Gasteiger charge is -2.14. The van der Waals surface area contributed by atoms with Crippen molar-refractivity contribution in [2.75, 3.05) is 26.3 Å². The predicted octanol–water partition coefficient (Wildman–Crippen LogP) is 0.526. The highest BCUT2D eigenvalue weighted by atomic mass is 16.3. The summed E-state index contributed by atoms with van der Waals surface area (Å²) in [6.45, 7) is 1.74. The van der Waals surface area contributed by atoms with E-state index >= 15 is 0 Å². The monoisotopic (exact) mass is 335 g/mol. The topological polar surface area (TPSA) is 111 Å². The van der Waals surface area contributed by atoms with E-state index in [0.29, 0.717) is 36.2 Å². The van der Waals surface area contributed by atoms with Gasteiger partial charge in [0.15, 0.2) is 5.43 Å². The van der Waals surface area contributed by atoms with Crippen molar-refractivity contribution >= 4 is 17.4 Å². The van der Waals surface area contributed by atoms with Gasteiger partial charge >= 0.3 is 0 Å². The van der Waals surface area contributed by atoms with Crippen molar-refractivity contribution in [1.82, 2.24) is 4.90 Å². The van der Waals surface area contributed by atoms with Crippen molar-refractivity contribution in [3.05, 3.63) is 46.3 Å². The summed E-state index contributed by atoms with van der Waals surface area (Å²) in [6, 6.07) is 7.20. The Balaban J connectivity index is 0.000000647. The first kappa shape index (κ1) is 18.1. The zero-order valence-electron chi connectivity index (χ0n) is 13.2. The molecule has 0 aliphatic carbocycles. The van der Waals surface area contributed by atoms with Crippen LogP contribution in [-0.2, 0) is 11.3 Å². The van der Waals surface area contributed by atoms with Crippen LogP contribution in [0.15, 0.2) is 39.7 Å². The molecule has 7 heteroatoms. The Hall–Kier alpha value is -2.22. The van der Waals surface area contributed by atoms with Crippen LogP contribution in [-0.4, -0.2) is 53.0 Å². The Labute approximate surface area is 138 Å². The van der Waals surface area contributed by atoms with Crippen molar-refractivity contribution < 1.29 is 24.5 Å². The minimum atomic E-state index is -0.250. The van der Waals surface area contributed by atoms with Crippen LogP contribution in [0.25, 0.3) is 11.0 Å². The molecule has 1 aliphatic rings. The highest BCUT2D eigenvalue weighted by Gasteiger charge is 2.32. The summed E-state index contributed by atoms with van der Waals surface area (Å²) < 4.78 is 5.51. The number of aliphatic hydroxyl groups excluding tert-OH is 2. The molecule has 1 saturated heterocycles. The molecule has 3 rings (SSSR count). The number of carboxylic acid groups (broad SMARTS) is 1. The molecular formula is C17H21NO6. The Morgan fingerprint density at radius 2 is 1.75 bits per heavy atom. The average Bonchev–Trinajstić information content (AvgIpc) is 3.00. The van der Waals surface area contributed by atoms with E-state index in [2.05, 4.69) is 4.90 Å². The number of likely N-dealkylation sites (tertiary alicyclic amines) is 1. The van der Waals surface area contributed by atoms with Crippen LogP contribution < -0.4 is 5.43 Å². The molecule has 2 atom stereocenters. The standard InChI is InChI=1S/C16H19NO4.CH2O2/c18-8-11-5-17(6-12(11)9-19)7-13-10-21-15-4-2-1-3-14(15)16(13)20;2-1-3/h1-4,10-12,18-19H,5-9H2;1H,(H,2,3)/t11-,12-;/m0./s1. The maximum absolute atomic E-state index is 12.4. The van der Waals surface area contributed by atoms with Gasteiger partial charge in [0.1, 0.15) is 5.58 Å². The van der Waals surface area contributed by atoms with Crippen molar-refractivity contribution in [2.45, 2.75) is 6.54 Å². The molecule has 0 bridgehead atoms. The maximum Gasteiger partial charge on any atom is 0.290 e. The zero-order valence-corrected chi connectivity index (χ0v) is 13.2. The number of carbonyl (C=O) groups is 1. The molecule has 2 aromatic rings. The van der Waals surface area contributed by atoms with Gasteiger partial charge in [0.05, 0.1) is 11.6 Å². The first-order valence-electron chi connectivity index (χ1n) is 7.65. The Morgan fingerprint density at radius 1 is 1.17 bits per heavy atom. The second kappa shape index (κ2) is 8.58. The molecule has 1 aromatic carbocycles. The molecule has 24 heavy (non-hydrogen) atoms. The first-order chi connectivity index (χ1) is 11.6. The van der Waals surface area contributed by atoms with Crippen LogP contribution in [0.3, 0.4) is 0 Å². The van der Waals surface area contributed by atoms with Gasteiger partial charge in [0, 0.05) is 50.2 Å². The maximum atomic E-state index is 12.4. The van der Waals surface area contributed by atoms with Gasteiger partial charge < -0.3 is 19.7 Å². The van der Waals surface area contributed by atoms with E-state index in [1.54, 1.807) is 12.1 Å². The fraction of sp³-hybridized carbons (Fsp3) is 0.412. The van der Waals surface area contributed by atoms with Gasteiger partial charge in [0.2, 0.25) is 0 Å². The van der Waals surface area contributed by atoms with Gasteiger partial charge in [0.25, 0.3) is 6.47 Å². The van der Waals surface area contributed by atoms with Crippen LogP contribution in [0.2, 0.25) is 0 Å². The second-order valence-electron chi connectivity index (χ2n) is 5.77. The van der Waals surface area contributed by atoms with E-state index in [4.69, 9.17) is 14.3 Å². The molecule has 3 N–H and O–H groups in total. The van der Waals surface area contributed by atoms with Crippen LogP contribution in [0.1, 0.15) is 5.56 Å². The number of rotatable bonds is 4. The molecular weight excluding hydrogens is 314 g/mol. The molecule has 0 amide bonds. The minimum Gasteiger partial charge on any atom is -0.483 e. The number of benzene rings is 1. The summed E-state index contributed by atoms with van der Waals surface area (Å²) in [5, 5.41) is 26.1. The molecule has 1 aromatic heterocycles. The number of nitrogens with zero attached hydrogens (tertiary/aromatic N) is 1. The highest BCUT2D eigenvalue weighted by Crippen LogP contribution is 2.24. The summed E-state index contributed by atoms with van der Waals surface area (Å²) in [4.78, 5) is 22.9. The molecule has 1 aliphatic heterocycles. The van der Waals surface area contributed by atoms with Crippen LogP contribution >= 0.6 is 0 Å². The Bertz CT molecular complexity index is 716. The number of fused-ring (bicyclic) bond motifs is 1. The lowest BCUT2D eigenvalue weighted by atomic mass is 9.98. The van der Waals surface area contributed by atoms with Crippen molar-refractivity contribution in [1.29, 1.82) is 0 Å². The molecule has 0 saturated carbocycles. The number of hydrogen-bond acceptors (Lipinski definition) is 6. The number of hydrogen-bond donors (Lipinski definition) is 3. The lowest BCUT2D eigenvalue weighted by Crippen LogP contribution is -2.24. The quantitative estimate of drug-likeness (QED) is 0.699. The lowest BCUT2D eigenvalue weighted by molar-refractivity contribution is -0.122. The van der Waals surface area contributed by atoms with E-state index in [1.165, 1.54) is 6.26 Å². The van der Waals surface area contributed by atoms with E-state index in [9.17, 15) is 15.0 Å². The summed E-state index contributed by atoms with van der Waals surface area (Å²) in [5.74, 6) is 0.144. The minimum absolute atomic E-state index is 0.00940. The molecule has 0 spiro atoms. The van der Waals surface area contributed by atoms with E-state index < -0.39 is 0 Å². The fourth-order valence-corrected chi connectivity index (χ4v) is 3.05. The first-order valence-corrected chi connectivity index (χ1v) is 7.65. The molecule has 0 unspecified atom stereocenters. The summed E-state index contributed by atoms with van der Waals surface area (Å²) >= 11 is 0. The van der Waals surface area contributed by atoms with E-state index in [0.717, 1.165) is 0 Å². The Morgan fingerprint density at radius 3 is 2.33 bits per heavy atom. The summed E-state index contributed by atoms with van der Waals surface area (Å²) in [6.07, 6.45) is 1.52. The van der Waals surface area contributed by atoms with Gasteiger partial charge in [-0.3, -0.25) is 14.5 Å². The highest BCUT2D eigenvalue weighted by molar-refractivity contribution is 5.76. The third kappa shape index (κ3) is 4.00. The van der Waals surface area contributed by atoms with Crippen LogP contribution in [0, 0.1) is 11.8 Å². The average molecular weight is 335 g/mol. The number of aliphatic hydroxyl groups is 2. The van der Waals surface area contributed by atoms with E-state index in [-0.39, 0.29) is 37.0 Å². The van der Waals surface area contributed by atoms with Gasteiger partial charge in [-0.2, -0.15) is 0 Å². The SMILES string of the molecule is O=CO.O=c1c(CN2C[C@@H](CO)[C@H](CO)C2)coc2ccccc12. The van der Waals surface area contributed by atoms with E-state index in [1.807, 2.05) is 12.1 Å². The van der Waals surface area contributed by atoms with Crippen LogP contribution in [0.4, 0.5) is 0 Å². The van der Waals surface area contributed by atoms with Gasteiger partial charge in [-0.15, -0.1) is 0 Å². The second-order valence-corrected chi connectivity index (χ2v) is 5.77. The predicted molar refractivity (Wildman–Crippen MR) is 87.6 cm³/mol. The normalized spacial score (nSPS) is 20.6. The van der Waals surface area contributed by atoms with Gasteiger partial charge in [-0.1, -0.05) is 12.1 Å².